The summed E-state index contributed by atoms with van der Waals surface area (Å²) in [7, 11) is 3.27. The highest BCUT2D eigenvalue weighted by Crippen LogP contribution is 2.38. The van der Waals surface area contributed by atoms with Crippen molar-refractivity contribution in [2.45, 2.75) is 13.0 Å². The van der Waals surface area contributed by atoms with Crippen molar-refractivity contribution < 1.29 is 19.2 Å². The fourth-order valence-corrected chi connectivity index (χ4v) is 4.48. The van der Waals surface area contributed by atoms with E-state index < -0.39 is 16.8 Å². The number of benzene rings is 1. The van der Waals surface area contributed by atoms with Crippen LogP contribution in [0.1, 0.15) is 31.2 Å². The maximum absolute atomic E-state index is 12.6. The maximum atomic E-state index is 12.6. The van der Waals surface area contributed by atoms with Gasteiger partial charge in [-0.3, -0.25) is 14.9 Å². The molecule has 1 aliphatic rings. The molecule has 142 valence electrons. The van der Waals surface area contributed by atoms with Gasteiger partial charge in [0.1, 0.15) is 5.00 Å². The van der Waals surface area contributed by atoms with E-state index in [0.717, 1.165) is 23.1 Å². The van der Waals surface area contributed by atoms with Crippen LogP contribution in [-0.4, -0.2) is 42.4 Å². The summed E-state index contributed by atoms with van der Waals surface area (Å²) in [5, 5.41) is 13.9. The molecule has 2 aromatic rings. The molecule has 0 radical (unpaired) electrons. The Labute approximate surface area is 163 Å². The van der Waals surface area contributed by atoms with E-state index in [1.807, 2.05) is 7.05 Å². The molecule has 0 unspecified atom stereocenters. The minimum atomic E-state index is -0.591. The van der Waals surface area contributed by atoms with Crippen LogP contribution < -0.4 is 5.32 Å². The van der Waals surface area contributed by atoms with Crippen molar-refractivity contribution in [2.24, 2.45) is 0 Å². The number of amides is 1. The Morgan fingerprint density at radius 1 is 1.41 bits per heavy atom. The second-order valence-corrected chi connectivity index (χ2v) is 7.58. The number of fused-ring (bicyclic) bond motifs is 1. The van der Waals surface area contributed by atoms with Gasteiger partial charge in [-0.15, -0.1) is 11.3 Å². The molecule has 0 fully saturated rings. The van der Waals surface area contributed by atoms with Crippen LogP contribution in [0.3, 0.4) is 0 Å². The first kappa shape index (κ1) is 19.3. The number of nitrogens with zero attached hydrogens (tertiary/aromatic N) is 2. The summed E-state index contributed by atoms with van der Waals surface area (Å²) in [5.74, 6) is -1.06. The van der Waals surface area contributed by atoms with Gasteiger partial charge in [-0.25, -0.2) is 4.79 Å². The third-order valence-corrected chi connectivity index (χ3v) is 5.72. The maximum Gasteiger partial charge on any atom is 0.341 e. The van der Waals surface area contributed by atoms with Gasteiger partial charge >= 0.3 is 5.97 Å². The van der Waals surface area contributed by atoms with Gasteiger partial charge in [-0.05, 0) is 25.1 Å². The first-order valence-electron chi connectivity index (χ1n) is 7.98. The molecule has 2 heterocycles. The first-order chi connectivity index (χ1) is 12.8. The van der Waals surface area contributed by atoms with Crippen molar-refractivity contribution in [1.29, 1.82) is 0 Å². The summed E-state index contributed by atoms with van der Waals surface area (Å²) >= 11 is 7.34. The molecule has 3 rings (SSSR count). The monoisotopic (exact) mass is 409 g/mol. The zero-order valence-corrected chi connectivity index (χ0v) is 16.1. The number of thiophene rings is 1. The van der Waals surface area contributed by atoms with E-state index in [9.17, 15) is 19.7 Å². The number of rotatable bonds is 4. The van der Waals surface area contributed by atoms with Crippen molar-refractivity contribution in [1.82, 2.24) is 4.90 Å². The number of nitro benzene ring substituents is 1. The molecule has 1 aromatic carbocycles. The van der Waals surface area contributed by atoms with Crippen molar-refractivity contribution in [3.63, 3.8) is 0 Å². The van der Waals surface area contributed by atoms with Crippen molar-refractivity contribution in [3.05, 3.63) is 54.9 Å². The third-order valence-electron chi connectivity index (χ3n) is 4.27. The average Bonchev–Trinajstić information content (AvgIpc) is 2.97. The second kappa shape index (κ2) is 7.63. The van der Waals surface area contributed by atoms with Gasteiger partial charge in [-0.1, -0.05) is 11.6 Å². The number of nitrogens with one attached hydrogen (secondary N) is 1. The molecular formula is C17H16ClN3O5S. The Hall–Kier alpha value is -2.49. The lowest BCUT2D eigenvalue weighted by Crippen LogP contribution is -2.26. The van der Waals surface area contributed by atoms with E-state index in [4.69, 9.17) is 16.3 Å². The van der Waals surface area contributed by atoms with Crippen LogP contribution in [0, 0.1) is 10.1 Å². The van der Waals surface area contributed by atoms with Crippen molar-refractivity contribution in [3.8, 4) is 0 Å². The van der Waals surface area contributed by atoms with Gasteiger partial charge in [0.25, 0.3) is 11.6 Å². The zero-order valence-electron chi connectivity index (χ0n) is 14.6. The molecule has 0 spiro atoms. The number of halogens is 1. The molecular weight excluding hydrogens is 394 g/mol. The van der Waals surface area contributed by atoms with Gasteiger partial charge in [-0.2, -0.15) is 0 Å². The number of hydrogen-bond donors (Lipinski definition) is 1. The molecule has 1 aliphatic heterocycles. The molecule has 0 atom stereocenters. The standard InChI is InChI=1S/C17H16ClN3O5S/c1-20-6-5-11-13(8-20)27-16(14(11)17(23)26-2)19-15(22)10-4-3-9(21(24)25)7-12(10)18/h3-4,7H,5-6,8H2,1-2H3,(H,19,22). The topological polar surface area (TPSA) is 102 Å². The van der Waals surface area contributed by atoms with E-state index in [1.54, 1.807) is 0 Å². The highest BCUT2D eigenvalue weighted by Gasteiger charge is 2.29. The number of nitro groups is 1. The molecule has 1 N–H and O–H groups in total. The average molecular weight is 410 g/mol. The molecule has 27 heavy (non-hydrogen) atoms. The van der Waals surface area contributed by atoms with E-state index in [0.29, 0.717) is 23.5 Å². The quantitative estimate of drug-likeness (QED) is 0.472. The predicted molar refractivity (Wildman–Crippen MR) is 102 cm³/mol. The molecule has 10 heteroatoms. The lowest BCUT2D eigenvalue weighted by molar-refractivity contribution is -0.384. The minimum absolute atomic E-state index is 0.0395. The van der Waals surface area contributed by atoms with Crippen LogP contribution in [0.5, 0.6) is 0 Å². The molecule has 8 nitrogen and oxygen atoms in total. The van der Waals surface area contributed by atoms with E-state index in [1.165, 1.54) is 30.6 Å². The summed E-state index contributed by atoms with van der Waals surface area (Å²) in [6.07, 6.45) is 0.681. The van der Waals surface area contributed by atoms with Gasteiger partial charge in [0.05, 0.1) is 28.2 Å². The largest absolute Gasteiger partial charge is 0.465 e. The zero-order chi connectivity index (χ0) is 19.7. The van der Waals surface area contributed by atoms with Gasteiger partial charge in [0.15, 0.2) is 0 Å². The Kier molecular flexibility index (Phi) is 5.45. The lowest BCUT2D eigenvalue weighted by Gasteiger charge is -2.22. The second-order valence-electron chi connectivity index (χ2n) is 6.06. The summed E-state index contributed by atoms with van der Waals surface area (Å²) in [6, 6.07) is 3.61. The van der Waals surface area contributed by atoms with Crippen LogP contribution in [0.2, 0.25) is 5.02 Å². The number of carbonyl (C=O) groups excluding carboxylic acids is 2. The lowest BCUT2D eigenvalue weighted by atomic mass is 10.0. The van der Waals surface area contributed by atoms with Crippen molar-refractivity contribution >= 4 is 45.5 Å². The normalized spacial score (nSPS) is 13.7. The van der Waals surface area contributed by atoms with Gasteiger partial charge in [0, 0.05) is 30.1 Å². The molecule has 1 amide bonds. The Morgan fingerprint density at radius 3 is 2.78 bits per heavy atom. The molecule has 1 aromatic heterocycles. The van der Waals surface area contributed by atoms with E-state index in [-0.39, 0.29) is 16.3 Å². The number of hydrogen-bond acceptors (Lipinski definition) is 7. The first-order valence-corrected chi connectivity index (χ1v) is 9.18. The third kappa shape index (κ3) is 3.80. The van der Waals surface area contributed by atoms with Crippen LogP contribution >= 0.6 is 22.9 Å². The SMILES string of the molecule is COC(=O)c1c(NC(=O)c2ccc([N+](=O)[O-])cc2Cl)sc2c1CCN(C)C2. The van der Waals surface area contributed by atoms with Crippen molar-refractivity contribution in [2.75, 3.05) is 26.0 Å². The number of non-ortho nitro benzene ring substituents is 1. The summed E-state index contributed by atoms with van der Waals surface area (Å²) < 4.78 is 4.88. The van der Waals surface area contributed by atoms with Crippen LogP contribution in [0.25, 0.3) is 0 Å². The number of anilines is 1. The fourth-order valence-electron chi connectivity index (χ4n) is 2.91. The van der Waals surface area contributed by atoms with E-state index in [2.05, 4.69) is 10.2 Å². The number of ether oxygens (including phenoxy) is 1. The Balaban J connectivity index is 1.94. The van der Waals surface area contributed by atoms with Gasteiger partial charge < -0.3 is 15.0 Å². The van der Waals surface area contributed by atoms with Crippen LogP contribution in [0.15, 0.2) is 18.2 Å². The molecule has 0 bridgehead atoms. The molecule has 0 saturated carbocycles. The van der Waals surface area contributed by atoms with E-state index >= 15 is 0 Å². The number of methoxy groups -OCH3 is 1. The highest BCUT2D eigenvalue weighted by atomic mass is 35.5. The summed E-state index contributed by atoms with van der Waals surface area (Å²) in [4.78, 5) is 38.2. The Morgan fingerprint density at radius 2 is 2.15 bits per heavy atom. The number of likely N-dealkylation sites (N-methyl/N-ethyl adjacent to an activating group) is 1. The molecule has 0 aliphatic carbocycles. The summed E-state index contributed by atoms with van der Waals surface area (Å²) in [6.45, 7) is 1.48. The minimum Gasteiger partial charge on any atom is -0.465 e. The predicted octanol–water partition coefficient (Wildman–Crippen LogP) is 3.34. The smallest absolute Gasteiger partial charge is 0.341 e. The summed E-state index contributed by atoms with van der Waals surface area (Å²) in [5.41, 5.74) is 1.12. The number of carbonyl (C=O) groups is 2. The number of esters is 1. The fraction of sp³-hybridized carbons (Fsp3) is 0.294. The van der Waals surface area contributed by atoms with Crippen LogP contribution in [-0.2, 0) is 17.7 Å². The molecule has 0 saturated heterocycles. The van der Waals surface area contributed by atoms with Gasteiger partial charge in [0.2, 0.25) is 0 Å². The Bertz CT molecular complexity index is 943. The highest BCUT2D eigenvalue weighted by molar-refractivity contribution is 7.17. The van der Waals surface area contributed by atoms with Crippen LogP contribution in [0.4, 0.5) is 10.7 Å².